The molecule has 0 atom stereocenters. The lowest BCUT2D eigenvalue weighted by Gasteiger charge is -2.35. The molecule has 0 aromatic rings. The molecule has 1 saturated carbocycles. The zero-order valence-electron chi connectivity index (χ0n) is 8.18. The van der Waals surface area contributed by atoms with Gasteiger partial charge in [0.05, 0.1) is 0 Å². The second-order valence-electron chi connectivity index (χ2n) is 4.33. The van der Waals surface area contributed by atoms with Crippen LogP contribution in [0.1, 0.15) is 32.1 Å². The van der Waals surface area contributed by atoms with Crippen LogP contribution < -0.4 is 16.3 Å². The number of carbonyl (C=O) groups is 1. The van der Waals surface area contributed by atoms with Crippen LogP contribution in [-0.4, -0.2) is 23.2 Å². The predicted octanol–water partition coefficient (Wildman–Crippen LogP) is -0.0813. The minimum Gasteiger partial charge on any atom is -0.289 e. The van der Waals surface area contributed by atoms with Crippen molar-refractivity contribution >= 4 is 5.91 Å². The van der Waals surface area contributed by atoms with Crippen LogP contribution >= 0.6 is 0 Å². The van der Waals surface area contributed by atoms with Crippen molar-refractivity contribution in [1.29, 1.82) is 0 Å². The molecule has 4 N–H and O–H groups in total. The molecule has 2 rings (SSSR count). The van der Waals surface area contributed by atoms with Gasteiger partial charge in [-0.1, -0.05) is 0 Å². The van der Waals surface area contributed by atoms with Crippen LogP contribution in [0.3, 0.4) is 0 Å². The van der Waals surface area contributed by atoms with Crippen LogP contribution in [0, 0.1) is 5.92 Å². The summed E-state index contributed by atoms with van der Waals surface area (Å²) in [5.41, 5.74) is 8.40. The van der Waals surface area contributed by atoms with Crippen molar-refractivity contribution in [3.63, 3.8) is 0 Å². The molecular formula is C9H17N3O2. The van der Waals surface area contributed by atoms with Gasteiger partial charge in [-0.15, -0.1) is 0 Å². The molecule has 1 amide bonds. The Morgan fingerprint density at radius 1 is 1.36 bits per heavy atom. The second-order valence-corrected chi connectivity index (χ2v) is 4.33. The third kappa shape index (κ3) is 1.75. The number of hydroxylamine groups is 1. The van der Waals surface area contributed by atoms with E-state index in [1.807, 2.05) is 0 Å². The molecule has 1 heterocycles. The van der Waals surface area contributed by atoms with Crippen LogP contribution in [-0.2, 0) is 4.79 Å². The van der Waals surface area contributed by atoms with Crippen molar-refractivity contribution < 1.29 is 10.0 Å². The minimum absolute atomic E-state index is 0.00646. The number of hydrogen-bond donors (Lipinski definition) is 4. The van der Waals surface area contributed by atoms with Gasteiger partial charge in [-0.2, -0.15) is 0 Å². The fourth-order valence-electron chi connectivity index (χ4n) is 2.51. The van der Waals surface area contributed by atoms with E-state index in [2.05, 4.69) is 10.9 Å². The molecule has 0 aromatic heterocycles. The maximum Gasteiger partial charge on any atom is 0.246 e. The van der Waals surface area contributed by atoms with Crippen molar-refractivity contribution in [2.75, 3.05) is 6.54 Å². The van der Waals surface area contributed by atoms with E-state index in [1.165, 1.54) is 0 Å². The van der Waals surface area contributed by atoms with Crippen molar-refractivity contribution in [2.24, 2.45) is 5.92 Å². The maximum absolute atomic E-state index is 11.2. The SMILES string of the molecule is O=C(NO)C1CCC2(CCNN2)CC1. The van der Waals surface area contributed by atoms with E-state index in [9.17, 15) is 4.79 Å². The highest BCUT2D eigenvalue weighted by Gasteiger charge is 2.39. The Balaban J connectivity index is 1.88. The molecule has 1 spiro atoms. The molecule has 5 nitrogen and oxygen atoms in total. The number of hydrogen-bond acceptors (Lipinski definition) is 4. The number of rotatable bonds is 1. The molecule has 1 aliphatic carbocycles. The van der Waals surface area contributed by atoms with E-state index < -0.39 is 0 Å². The number of hydrazine groups is 1. The van der Waals surface area contributed by atoms with Crippen molar-refractivity contribution in [3.05, 3.63) is 0 Å². The molecule has 80 valence electrons. The summed E-state index contributed by atoms with van der Waals surface area (Å²) in [7, 11) is 0. The summed E-state index contributed by atoms with van der Waals surface area (Å²) in [6.07, 6.45) is 4.89. The lowest BCUT2D eigenvalue weighted by Crippen LogP contribution is -2.47. The van der Waals surface area contributed by atoms with Gasteiger partial charge >= 0.3 is 0 Å². The Bertz CT molecular complexity index is 216. The Labute approximate surface area is 83.2 Å². The highest BCUT2D eigenvalue weighted by Crippen LogP contribution is 2.35. The Morgan fingerprint density at radius 2 is 2.07 bits per heavy atom. The molecule has 2 fully saturated rings. The second kappa shape index (κ2) is 3.84. The fourth-order valence-corrected chi connectivity index (χ4v) is 2.51. The van der Waals surface area contributed by atoms with Gasteiger partial charge in [0.25, 0.3) is 0 Å². The maximum atomic E-state index is 11.2. The number of amides is 1. The summed E-state index contributed by atoms with van der Waals surface area (Å²) in [5, 5.41) is 8.52. The highest BCUT2D eigenvalue weighted by molar-refractivity contribution is 5.77. The third-order valence-electron chi connectivity index (χ3n) is 3.51. The smallest absolute Gasteiger partial charge is 0.246 e. The molecule has 1 saturated heterocycles. The standard InChI is InChI=1S/C9H17N3O2/c13-8(11-14)7-1-3-9(4-2-7)5-6-10-12-9/h7,10,12,14H,1-6H2,(H,11,13). The lowest BCUT2D eigenvalue weighted by atomic mass is 9.75. The van der Waals surface area contributed by atoms with Gasteiger partial charge in [-0.3, -0.25) is 20.9 Å². The summed E-state index contributed by atoms with van der Waals surface area (Å²) in [6.45, 7) is 1.01. The first-order valence-electron chi connectivity index (χ1n) is 5.20. The zero-order chi connectivity index (χ0) is 10.0. The van der Waals surface area contributed by atoms with Gasteiger partial charge in [-0.25, -0.2) is 5.48 Å². The molecule has 0 unspecified atom stereocenters. The first-order chi connectivity index (χ1) is 6.76. The van der Waals surface area contributed by atoms with Gasteiger partial charge in [0.15, 0.2) is 0 Å². The van der Waals surface area contributed by atoms with Gasteiger partial charge < -0.3 is 0 Å². The van der Waals surface area contributed by atoms with E-state index in [0.29, 0.717) is 0 Å². The molecular weight excluding hydrogens is 182 g/mol. The van der Waals surface area contributed by atoms with E-state index in [4.69, 9.17) is 5.21 Å². The molecule has 5 heteroatoms. The Kier molecular flexibility index (Phi) is 2.71. The van der Waals surface area contributed by atoms with Crippen LogP contribution in [0.2, 0.25) is 0 Å². The van der Waals surface area contributed by atoms with E-state index >= 15 is 0 Å². The third-order valence-corrected chi connectivity index (χ3v) is 3.51. The van der Waals surface area contributed by atoms with Gasteiger partial charge in [-0.05, 0) is 32.1 Å². The average molecular weight is 199 g/mol. The number of nitrogens with one attached hydrogen (secondary N) is 3. The van der Waals surface area contributed by atoms with E-state index in [-0.39, 0.29) is 17.4 Å². The molecule has 1 aliphatic heterocycles. The van der Waals surface area contributed by atoms with Crippen LogP contribution in [0.5, 0.6) is 0 Å². The largest absolute Gasteiger partial charge is 0.289 e. The van der Waals surface area contributed by atoms with E-state index in [0.717, 1.165) is 38.6 Å². The molecule has 0 bridgehead atoms. The van der Waals surface area contributed by atoms with E-state index in [1.54, 1.807) is 5.48 Å². The Morgan fingerprint density at radius 3 is 2.57 bits per heavy atom. The molecule has 14 heavy (non-hydrogen) atoms. The Hall–Kier alpha value is -0.650. The van der Waals surface area contributed by atoms with Gasteiger partial charge in [0.2, 0.25) is 5.91 Å². The quantitative estimate of drug-likeness (QED) is 0.352. The normalized spacial score (nSPS) is 37.4. The van der Waals surface area contributed by atoms with Crippen LogP contribution in [0.15, 0.2) is 0 Å². The lowest BCUT2D eigenvalue weighted by molar-refractivity contribution is -0.134. The molecule has 2 aliphatic rings. The van der Waals surface area contributed by atoms with Crippen LogP contribution in [0.25, 0.3) is 0 Å². The molecule has 0 aromatic carbocycles. The van der Waals surface area contributed by atoms with Gasteiger partial charge in [0, 0.05) is 18.0 Å². The summed E-state index contributed by atoms with van der Waals surface area (Å²) in [4.78, 5) is 11.2. The monoisotopic (exact) mass is 199 g/mol. The zero-order valence-corrected chi connectivity index (χ0v) is 8.18. The number of carbonyl (C=O) groups excluding carboxylic acids is 1. The summed E-state index contributed by atoms with van der Waals surface area (Å²) in [6, 6.07) is 0. The van der Waals surface area contributed by atoms with Crippen LogP contribution in [0.4, 0.5) is 0 Å². The average Bonchev–Trinajstić information content (AvgIpc) is 2.67. The van der Waals surface area contributed by atoms with Gasteiger partial charge in [0.1, 0.15) is 0 Å². The summed E-state index contributed by atoms with van der Waals surface area (Å²) in [5.74, 6) is -0.237. The molecule has 0 radical (unpaired) electrons. The van der Waals surface area contributed by atoms with Crippen molar-refractivity contribution in [1.82, 2.24) is 16.3 Å². The van der Waals surface area contributed by atoms with Crippen molar-refractivity contribution in [2.45, 2.75) is 37.6 Å². The highest BCUT2D eigenvalue weighted by atomic mass is 16.5. The van der Waals surface area contributed by atoms with Crippen molar-refractivity contribution in [3.8, 4) is 0 Å². The predicted molar refractivity (Wildman–Crippen MR) is 50.4 cm³/mol. The minimum atomic E-state index is -0.231. The summed E-state index contributed by atoms with van der Waals surface area (Å²) < 4.78 is 0. The fraction of sp³-hybridized carbons (Fsp3) is 0.889. The summed E-state index contributed by atoms with van der Waals surface area (Å²) >= 11 is 0. The first-order valence-corrected chi connectivity index (χ1v) is 5.20. The first kappa shape index (κ1) is 9.89. The topological polar surface area (TPSA) is 73.4 Å².